The van der Waals surface area contributed by atoms with Gasteiger partial charge in [-0.15, -0.1) is 0 Å². The third kappa shape index (κ3) is 4.73. The van der Waals surface area contributed by atoms with Crippen LogP contribution < -0.4 is 10.2 Å². The number of hydrogen-bond acceptors (Lipinski definition) is 3. The number of anilines is 2. The smallest absolute Gasteiger partial charge is 0.224 e. The number of nitrogens with zero attached hydrogens (tertiary/aromatic N) is 2. The number of aryl methyl sites for hydroxylation is 1. The topological polar surface area (TPSA) is 35.6 Å². The molecule has 0 unspecified atom stereocenters. The van der Waals surface area contributed by atoms with Crippen LogP contribution in [0.4, 0.5) is 11.4 Å². The summed E-state index contributed by atoms with van der Waals surface area (Å²) in [5.74, 6) is 0.129. The van der Waals surface area contributed by atoms with Crippen LogP contribution in [-0.4, -0.2) is 44.0 Å². The quantitative estimate of drug-likeness (QED) is 0.819. The molecule has 0 atom stereocenters. The van der Waals surface area contributed by atoms with Gasteiger partial charge in [-0.1, -0.05) is 19.8 Å². The summed E-state index contributed by atoms with van der Waals surface area (Å²) in [5.41, 5.74) is 3.34. The average molecular weight is 303 g/mol. The highest BCUT2D eigenvalue weighted by atomic mass is 16.1. The molecule has 0 aliphatic carbocycles. The van der Waals surface area contributed by atoms with E-state index in [1.807, 2.05) is 6.07 Å². The van der Waals surface area contributed by atoms with Crippen molar-refractivity contribution in [2.75, 3.05) is 43.4 Å². The van der Waals surface area contributed by atoms with Gasteiger partial charge in [-0.2, -0.15) is 0 Å². The molecule has 22 heavy (non-hydrogen) atoms. The summed E-state index contributed by atoms with van der Waals surface area (Å²) in [6.07, 6.45) is 3.86. The predicted octanol–water partition coefficient (Wildman–Crippen LogP) is 3.27. The van der Waals surface area contributed by atoms with Crippen molar-refractivity contribution in [2.24, 2.45) is 0 Å². The fourth-order valence-corrected chi connectivity index (χ4v) is 2.80. The van der Waals surface area contributed by atoms with Gasteiger partial charge in [-0.3, -0.25) is 4.79 Å². The Morgan fingerprint density at radius 1 is 1.18 bits per heavy atom. The summed E-state index contributed by atoms with van der Waals surface area (Å²) < 4.78 is 0. The van der Waals surface area contributed by atoms with Crippen LogP contribution in [-0.2, 0) is 4.79 Å². The van der Waals surface area contributed by atoms with Crippen LogP contribution >= 0.6 is 0 Å². The number of benzene rings is 1. The molecule has 0 bridgehead atoms. The number of carbonyl (C=O) groups excluding carboxylic acids is 1. The van der Waals surface area contributed by atoms with E-state index in [1.54, 1.807) is 0 Å². The minimum Gasteiger partial charge on any atom is -0.369 e. The zero-order chi connectivity index (χ0) is 15.9. The van der Waals surface area contributed by atoms with E-state index >= 15 is 0 Å². The molecule has 1 aliphatic rings. The Balaban J connectivity index is 1.93. The lowest BCUT2D eigenvalue weighted by Crippen LogP contribution is -2.44. The maximum atomic E-state index is 11.9. The Hall–Kier alpha value is -1.55. The Bertz CT molecular complexity index is 493. The molecule has 1 saturated heterocycles. The highest BCUT2D eigenvalue weighted by molar-refractivity contribution is 5.91. The standard InChI is InChI=1S/C18H29N3O/c1-4-5-6-7-18(22)19-17-9-8-16(14-15(17)2)21-12-10-20(3)11-13-21/h8-9,14H,4-7,10-13H2,1-3H3,(H,19,22). The number of nitrogens with one attached hydrogen (secondary N) is 1. The Kier molecular flexibility index (Phi) is 6.25. The minimum absolute atomic E-state index is 0.129. The largest absolute Gasteiger partial charge is 0.369 e. The maximum absolute atomic E-state index is 11.9. The van der Waals surface area contributed by atoms with E-state index in [1.165, 1.54) is 5.69 Å². The molecule has 122 valence electrons. The first-order chi connectivity index (χ1) is 10.6. The van der Waals surface area contributed by atoms with Gasteiger partial charge in [0, 0.05) is 44.0 Å². The molecule has 1 N–H and O–H groups in total. The summed E-state index contributed by atoms with van der Waals surface area (Å²) in [5, 5.41) is 3.04. The summed E-state index contributed by atoms with van der Waals surface area (Å²) in [7, 11) is 2.17. The fourth-order valence-electron chi connectivity index (χ4n) is 2.80. The minimum atomic E-state index is 0.129. The van der Waals surface area contributed by atoms with Gasteiger partial charge in [0.1, 0.15) is 0 Å². The third-order valence-corrected chi connectivity index (χ3v) is 4.36. The predicted molar refractivity (Wildman–Crippen MR) is 93.7 cm³/mol. The fraction of sp³-hybridized carbons (Fsp3) is 0.611. The number of amides is 1. The van der Waals surface area contributed by atoms with Crippen molar-refractivity contribution in [2.45, 2.75) is 39.5 Å². The SMILES string of the molecule is CCCCCC(=O)Nc1ccc(N2CCN(C)CC2)cc1C. The number of rotatable bonds is 6. The third-order valence-electron chi connectivity index (χ3n) is 4.36. The molecule has 0 radical (unpaired) electrons. The molecule has 1 aromatic rings. The van der Waals surface area contributed by atoms with Crippen molar-refractivity contribution in [1.29, 1.82) is 0 Å². The number of hydrogen-bond donors (Lipinski definition) is 1. The molecule has 0 aromatic heterocycles. The van der Waals surface area contributed by atoms with E-state index < -0.39 is 0 Å². The lowest BCUT2D eigenvalue weighted by molar-refractivity contribution is -0.116. The van der Waals surface area contributed by atoms with E-state index in [0.29, 0.717) is 6.42 Å². The van der Waals surface area contributed by atoms with Crippen LogP contribution in [0.15, 0.2) is 18.2 Å². The van der Waals surface area contributed by atoms with E-state index in [-0.39, 0.29) is 5.91 Å². The summed E-state index contributed by atoms with van der Waals surface area (Å²) in [6, 6.07) is 6.35. The average Bonchev–Trinajstić information content (AvgIpc) is 2.50. The summed E-state index contributed by atoms with van der Waals surface area (Å²) in [6.45, 7) is 8.57. The van der Waals surface area contributed by atoms with Crippen LogP contribution in [0.25, 0.3) is 0 Å². The first-order valence-corrected chi connectivity index (χ1v) is 8.44. The molecular weight excluding hydrogens is 274 g/mol. The first-order valence-electron chi connectivity index (χ1n) is 8.44. The monoisotopic (exact) mass is 303 g/mol. The zero-order valence-electron chi connectivity index (χ0n) is 14.2. The Morgan fingerprint density at radius 3 is 2.55 bits per heavy atom. The molecule has 0 spiro atoms. The second kappa shape index (κ2) is 8.18. The van der Waals surface area contributed by atoms with Gasteiger partial charge in [0.15, 0.2) is 0 Å². The molecule has 4 nitrogen and oxygen atoms in total. The van der Waals surface area contributed by atoms with E-state index in [4.69, 9.17) is 0 Å². The molecule has 2 rings (SSSR count). The molecule has 0 saturated carbocycles. The van der Waals surface area contributed by atoms with E-state index in [9.17, 15) is 4.79 Å². The van der Waals surface area contributed by atoms with E-state index in [2.05, 4.69) is 48.1 Å². The van der Waals surface area contributed by atoms with Gasteiger partial charge < -0.3 is 15.1 Å². The van der Waals surface area contributed by atoms with Gasteiger partial charge >= 0.3 is 0 Å². The molecule has 1 heterocycles. The Morgan fingerprint density at radius 2 is 1.91 bits per heavy atom. The number of unbranched alkanes of at least 4 members (excludes halogenated alkanes) is 2. The zero-order valence-corrected chi connectivity index (χ0v) is 14.2. The van der Waals surface area contributed by atoms with Crippen molar-refractivity contribution in [1.82, 2.24) is 4.90 Å². The van der Waals surface area contributed by atoms with Crippen molar-refractivity contribution in [3.8, 4) is 0 Å². The number of piperazine rings is 1. The number of likely N-dealkylation sites (N-methyl/N-ethyl adjacent to an activating group) is 1. The molecule has 1 aromatic carbocycles. The molecule has 1 aliphatic heterocycles. The van der Waals surface area contributed by atoms with Gasteiger partial charge in [-0.05, 0) is 44.2 Å². The van der Waals surface area contributed by atoms with Crippen molar-refractivity contribution < 1.29 is 4.79 Å². The number of carbonyl (C=O) groups is 1. The summed E-state index contributed by atoms with van der Waals surface area (Å²) >= 11 is 0. The lowest BCUT2D eigenvalue weighted by Gasteiger charge is -2.34. The second-order valence-electron chi connectivity index (χ2n) is 6.29. The van der Waals surface area contributed by atoms with Gasteiger partial charge in [0.05, 0.1) is 0 Å². The van der Waals surface area contributed by atoms with Gasteiger partial charge in [-0.25, -0.2) is 0 Å². The van der Waals surface area contributed by atoms with Crippen LogP contribution in [0.1, 0.15) is 38.2 Å². The highest BCUT2D eigenvalue weighted by Crippen LogP contribution is 2.23. The summed E-state index contributed by atoms with van der Waals surface area (Å²) in [4.78, 5) is 16.7. The van der Waals surface area contributed by atoms with Crippen molar-refractivity contribution in [3.05, 3.63) is 23.8 Å². The van der Waals surface area contributed by atoms with Gasteiger partial charge in [0.2, 0.25) is 5.91 Å². The lowest BCUT2D eigenvalue weighted by atomic mass is 10.1. The molecule has 1 fully saturated rings. The van der Waals surface area contributed by atoms with Crippen LogP contribution in [0.5, 0.6) is 0 Å². The van der Waals surface area contributed by atoms with E-state index in [0.717, 1.165) is 56.7 Å². The van der Waals surface area contributed by atoms with Crippen molar-refractivity contribution >= 4 is 17.3 Å². The molecule has 4 heteroatoms. The van der Waals surface area contributed by atoms with Crippen LogP contribution in [0.2, 0.25) is 0 Å². The molecular formula is C18H29N3O. The van der Waals surface area contributed by atoms with Crippen LogP contribution in [0, 0.1) is 6.92 Å². The van der Waals surface area contributed by atoms with Crippen molar-refractivity contribution in [3.63, 3.8) is 0 Å². The first kappa shape index (κ1) is 16.8. The Labute approximate surface area is 134 Å². The maximum Gasteiger partial charge on any atom is 0.224 e. The van der Waals surface area contributed by atoms with Gasteiger partial charge in [0.25, 0.3) is 0 Å². The highest BCUT2D eigenvalue weighted by Gasteiger charge is 2.15. The normalized spacial score (nSPS) is 15.9. The second-order valence-corrected chi connectivity index (χ2v) is 6.29. The molecule has 1 amide bonds. The van der Waals surface area contributed by atoms with Crippen LogP contribution in [0.3, 0.4) is 0 Å².